The number of fused-ring (bicyclic) bond motifs is 1. The molecule has 0 bridgehead atoms. The van der Waals surface area contributed by atoms with Crippen LogP contribution in [0.1, 0.15) is 4.88 Å². The van der Waals surface area contributed by atoms with E-state index < -0.39 is 0 Å². The van der Waals surface area contributed by atoms with Gasteiger partial charge in [-0.25, -0.2) is 0 Å². The van der Waals surface area contributed by atoms with Crippen molar-refractivity contribution in [2.24, 2.45) is 4.99 Å². The molecule has 0 spiro atoms. The van der Waals surface area contributed by atoms with Gasteiger partial charge in [0.15, 0.2) is 0 Å². The van der Waals surface area contributed by atoms with E-state index in [1.54, 1.807) is 18.4 Å². The number of aliphatic imine (C=N–C) groups is 1. The van der Waals surface area contributed by atoms with E-state index in [-0.39, 0.29) is 0 Å². The fraction of sp³-hybridized carbons (Fsp3) is 0.0500. The number of aromatic amines is 1. The van der Waals surface area contributed by atoms with Crippen LogP contribution in [0.2, 0.25) is 0 Å². The van der Waals surface area contributed by atoms with Crippen molar-refractivity contribution in [2.75, 3.05) is 7.11 Å². The van der Waals surface area contributed by atoms with E-state index in [9.17, 15) is 0 Å². The smallest absolute Gasteiger partial charge is 0.118 e. The Bertz CT molecular complexity index is 996. The zero-order chi connectivity index (χ0) is 16.4. The predicted molar refractivity (Wildman–Crippen MR) is 102 cm³/mol. The van der Waals surface area contributed by atoms with Crippen LogP contribution in [0.5, 0.6) is 5.75 Å². The minimum Gasteiger partial charge on any atom is -0.497 e. The summed E-state index contributed by atoms with van der Waals surface area (Å²) in [6, 6.07) is 20.6. The molecule has 4 rings (SSSR count). The second kappa shape index (κ2) is 6.34. The van der Waals surface area contributed by atoms with Gasteiger partial charge in [-0.15, -0.1) is 11.3 Å². The van der Waals surface area contributed by atoms with Crippen molar-refractivity contribution in [1.82, 2.24) is 4.98 Å². The lowest BCUT2D eigenvalue weighted by Crippen LogP contribution is -1.81. The minimum atomic E-state index is 0.872. The third kappa shape index (κ3) is 2.96. The summed E-state index contributed by atoms with van der Waals surface area (Å²) in [6.07, 6.45) is 3.86. The van der Waals surface area contributed by atoms with E-state index in [4.69, 9.17) is 4.74 Å². The summed E-state index contributed by atoms with van der Waals surface area (Å²) in [5, 5.41) is 1.20. The van der Waals surface area contributed by atoms with Crippen LogP contribution in [0.25, 0.3) is 21.3 Å². The molecule has 0 radical (unpaired) electrons. The van der Waals surface area contributed by atoms with Gasteiger partial charge in [-0.1, -0.05) is 6.07 Å². The van der Waals surface area contributed by atoms with E-state index in [1.807, 2.05) is 30.6 Å². The molecular weight excluding hydrogens is 316 g/mol. The number of benzene rings is 2. The summed E-state index contributed by atoms with van der Waals surface area (Å²) in [6.45, 7) is 0. The summed E-state index contributed by atoms with van der Waals surface area (Å²) < 4.78 is 5.20. The molecule has 0 saturated carbocycles. The van der Waals surface area contributed by atoms with Gasteiger partial charge >= 0.3 is 0 Å². The monoisotopic (exact) mass is 332 g/mol. The van der Waals surface area contributed by atoms with Gasteiger partial charge in [0.25, 0.3) is 0 Å². The van der Waals surface area contributed by atoms with Crippen molar-refractivity contribution in [3.05, 3.63) is 71.7 Å². The van der Waals surface area contributed by atoms with Crippen molar-refractivity contribution in [2.45, 2.75) is 0 Å². The molecule has 2 aromatic carbocycles. The Morgan fingerprint density at radius 2 is 1.88 bits per heavy atom. The van der Waals surface area contributed by atoms with Gasteiger partial charge in [-0.05, 0) is 65.5 Å². The van der Waals surface area contributed by atoms with E-state index in [1.165, 1.54) is 15.8 Å². The Hall–Kier alpha value is -2.85. The molecule has 4 aromatic rings. The SMILES string of the molecule is COc1ccc(-c2ccc(C=Nc3ccc4cc[nH]c4c3)s2)cc1. The molecule has 3 nitrogen and oxygen atoms in total. The lowest BCUT2D eigenvalue weighted by molar-refractivity contribution is 0.415. The van der Waals surface area contributed by atoms with Gasteiger partial charge in [0, 0.05) is 27.7 Å². The lowest BCUT2D eigenvalue weighted by Gasteiger charge is -2.00. The molecule has 1 N–H and O–H groups in total. The Balaban J connectivity index is 1.55. The van der Waals surface area contributed by atoms with Gasteiger partial charge in [-0.3, -0.25) is 4.99 Å². The fourth-order valence-corrected chi connectivity index (χ4v) is 3.47. The number of methoxy groups -OCH3 is 1. The number of thiophene rings is 1. The van der Waals surface area contributed by atoms with Crippen LogP contribution in [0.4, 0.5) is 5.69 Å². The van der Waals surface area contributed by atoms with Crippen molar-refractivity contribution >= 4 is 34.1 Å². The number of rotatable bonds is 4. The maximum absolute atomic E-state index is 5.20. The van der Waals surface area contributed by atoms with Gasteiger partial charge in [0.1, 0.15) is 5.75 Å². The van der Waals surface area contributed by atoms with Gasteiger partial charge in [0.2, 0.25) is 0 Å². The Morgan fingerprint density at radius 1 is 1.00 bits per heavy atom. The van der Waals surface area contributed by atoms with Crippen LogP contribution in [-0.4, -0.2) is 18.3 Å². The minimum absolute atomic E-state index is 0.872. The molecule has 0 aliphatic rings. The van der Waals surface area contributed by atoms with E-state index in [2.05, 4.69) is 52.4 Å². The van der Waals surface area contributed by atoms with Crippen LogP contribution in [-0.2, 0) is 0 Å². The third-order valence-electron chi connectivity index (χ3n) is 3.88. The number of hydrogen-bond donors (Lipinski definition) is 1. The van der Waals surface area contributed by atoms with Crippen molar-refractivity contribution in [3.63, 3.8) is 0 Å². The first-order valence-corrected chi connectivity index (χ1v) is 8.49. The van der Waals surface area contributed by atoms with E-state index in [0.717, 1.165) is 21.8 Å². The predicted octanol–water partition coefficient (Wildman–Crippen LogP) is 5.66. The van der Waals surface area contributed by atoms with Crippen LogP contribution in [0.15, 0.2) is 71.9 Å². The maximum atomic E-state index is 5.20. The highest BCUT2D eigenvalue weighted by Crippen LogP contribution is 2.29. The fourth-order valence-electron chi connectivity index (χ4n) is 2.59. The summed E-state index contributed by atoms with van der Waals surface area (Å²) >= 11 is 1.73. The standard InChI is InChI=1S/C20H16N2OS/c1-23-17-6-3-15(4-7-17)20-9-8-18(24-20)13-22-16-5-2-14-10-11-21-19(14)12-16/h2-13,21H,1H3. The largest absolute Gasteiger partial charge is 0.497 e. The second-order valence-electron chi connectivity index (χ2n) is 5.44. The quantitative estimate of drug-likeness (QED) is 0.481. The number of nitrogens with zero attached hydrogens (tertiary/aromatic N) is 1. The van der Waals surface area contributed by atoms with Crippen molar-refractivity contribution in [3.8, 4) is 16.2 Å². The highest BCUT2D eigenvalue weighted by molar-refractivity contribution is 7.17. The zero-order valence-electron chi connectivity index (χ0n) is 13.2. The Kier molecular flexibility index (Phi) is 3.89. The Morgan fingerprint density at radius 3 is 2.71 bits per heavy atom. The van der Waals surface area contributed by atoms with Crippen LogP contribution < -0.4 is 4.74 Å². The van der Waals surface area contributed by atoms with Gasteiger partial charge in [-0.2, -0.15) is 0 Å². The molecule has 0 amide bonds. The van der Waals surface area contributed by atoms with Crippen molar-refractivity contribution in [1.29, 1.82) is 0 Å². The van der Waals surface area contributed by atoms with Gasteiger partial charge in [0.05, 0.1) is 12.8 Å². The molecule has 0 aliphatic carbocycles. The molecule has 0 unspecified atom stereocenters. The van der Waals surface area contributed by atoms with Crippen LogP contribution >= 0.6 is 11.3 Å². The van der Waals surface area contributed by atoms with Gasteiger partial charge < -0.3 is 9.72 Å². The molecule has 24 heavy (non-hydrogen) atoms. The molecular formula is C20H16N2OS. The van der Waals surface area contributed by atoms with E-state index in [0.29, 0.717) is 0 Å². The average Bonchev–Trinajstić information content (AvgIpc) is 3.29. The molecule has 0 fully saturated rings. The first-order valence-electron chi connectivity index (χ1n) is 7.67. The van der Waals surface area contributed by atoms with Crippen LogP contribution in [0, 0.1) is 0 Å². The molecule has 0 atom stereocenters. The van der Waals surface area contributed by atoms with Crippen LogP contribution in [0.3, 0.4) is 0 Å². The third-order valence-corrected chi connectivity index (χ3v) is 4.95. The summed E-state index contributed by atoms with van der Waals surface area (Å²) in [5.41, 5.74) is 3.24. The average molecular weight is 332 g/mol. The number of ether oxygens (including phenoxy) is 1. The highest BCUT2D eigenvalue weighted by Gasteiger charge is 2.02. The Labute approximate surface area is 144 Å². The molecule has 118 valence electrons. The lowest BCUT2D eigenvalue weighted by atomic mass is 10.2. The topological polar surface area (TPSA) is 37.4 Å². The summed E-state index contributed by atoms with van der Waals surface area (Å²) in [4.78, 5) is 10.2. The molecule has 4 heteroatoms. The first kappa shape index (κ1) is 14.7. The zero-order valence-corrected chi connectivity index (χ0v) is 14.0. The summed E-state index contributed by atoms with van der Waals surface area (Å²) in [7, 11) is 1.68. The highest BCUT2D eigenvalue weighted by atomic mass is 32.1. The number of H-pyrrole nitrogens is 1. The number of nitrogens with one attached hydrogen (secondary N) is 1. The molecule has 2 heterocycles. The molecule has 0 aliphatic heterocycles. The van der Waals surface area contributed by atoms with Crippen molar-refractivity contribution < 1.29 is 4.74 Å². The van der Waals surface area contributed by atoms with E-state index >= 15 is 0 Å². The molecule has 0 saturated heterocycles. The number of aromatic nitrogens is 1. The first-order chi connectivity index (χ1) is 11.8. The molecule has 2 aromatic heterocycles. The maximum Gasteiger partial charge on any atom is 0.118 e. The number of hydrogen-bond acceptors (Lipinski definition) is 3. The normalized spacial score (nSPS) is 11.4. The summed E-state index contributed by atoms with van der Waals surface area (Å²) in [5.74, 6) is 0.872. The second-order valence-corrected chi connectivity index (χ2v) is 6.55.